The van der Waals surface area contributed by atoms with Crippen LogP contribution in [0.4, 0.5) is 0 Å². The predicted octanol–water partition coefficient (Wildman–Crippen LogP) is 11.9. The van der Waals surface area contributed by atoms with E-state index in [2.05, 4.69) is 31.9 Å². The molecule has 6 heteroatoms. The van der Waals surface area contributed by atoms with Gasteiger partial charge in [0, 0.05) is 23.5 Å². The normalized spacial score (nSPS) is 10.8. The first kappa shape index (κ1) is 40.0. The minimum atomic E-state index is -0.656. The number of hydrogen-bond donors (Lipinski definition) is 2. The third-order valence-corrected chi connectivity index (χ3v) is 8.17. The summed E-state index contributed by atoms with van der Waals surface area (Å²) in [6.45, 7) is 0. The van der Waals surface area contributed by atoms with Crippen LogP contribution in [0.25, 0.3) is 0 Å². The molecule has 0 aromatic carbocycles. The second-order valence-corrected chi connectivity index (χ2v) is 12.4. The van der Waals surface area contributed by atoms with Gasteiger partial charge < -0.3 is 10.2 Å². The molecule has 4 nitrogen and oxygen atoms in total. The molecule has 0 saturated carbocycles. The quantitative estimate of drug-likeness (QED) is 0.0589. The van der Waals surface area contributed by atoms with Gasteiger partial charge >= 0.3 is 11.9 Å². The Morgan fingerprint density at radius 2 is 0.474 bits per heavy atom. The van der Waals surface area contributed by atoms with Gasteiger partial charge in [-0.3, -0.25) is 9.59 Å². The Bertz CT molecular complexity index is 432. The topological polar surface area (TPSA) is 74.6 Å². The number of aliphatic carboxylic acids is 2. The number of hydrogen-bond acceptors (Lipinski definition) is 2. The van der Waals surface area contributed by atoms with Crippen LogP contribution in [0.15, 0.2) is 0 Å². The van der Waals surface area contributed by atoms with Crippen LogP contribution in [0.3, 0.4) is 0 Å². The summed E-state index contributed by atoms with van der Waals surface area (Å²) in [7, 11) is 0. The molecule has 0 aliphatic rings. The van der Waals surface area contributed by atoms with Gasteiger partial charge in [0.1, 0.15) is 0 Å². The second-order valence-electron chi connectivity index (χ2n) is 10.9. The van der Waals surface area contributed by atoms with Gasteiger partial charge in [-0.2, -0.15) is 0 Å². The Kier molecular flexibility index (Phi) is 38.9. The van der Waals surface area contributed by atoms with Crippen molar-refractivity contribution in [1.82, 2.24) is 0 Å². The fourth-order valence-electron chi connectivity index (χ4n) is 4.63. The van der Waals surface area contributed by atoms with E-state index in [9.17, 15) is 9.59 Å². The van der Waals surface area contributed by atoms with E-state index in [4.69, 9.17) is 10.2 Å². The summed E-state index contributed by atoms with van der Waals surface area (Å²) in [6, 6.07) is 0. The maximum atomic E-state index is 10.3. The molecule has 0 aromatic rings. The van der Waals surface area contributed by atoms with Crippen LogP contribution in [-0.4, -0.2) is 32.8 Å². The van der Waals surface area contributed by atoms with Gasteiger partial charge in [-0.15, -0.1) is 0 Å². The number of alkyl halides is 2. The van der Waals surface area contributed by atoms with Crippen LogP contribution in [-0.2, 0) is 9.59 Å². The van der Waals surface area contributed by atoms with Gasteiger partial charge in [-0.25, -0.2) is 0 Å². The Balaban J connectivity index is 0. The Labute approximate surface area is 253 Å². The number of carbonyl (C=O) groups is 2. The van der Waals surface area contributed by atoms with E-state index in [1.54, 1.807) is 0 Å². The van der Waals surface area contributed by atoms with Gasteiger partial charge in [-0.1, -0.05) is 173 Å². The van der Waals surface area contributed by atoms with Crippen molar-refractivity contribution in [3.8, 4) is 0 Å². The highest BCUT2D eigenvalue weighted by Crippen LogP contribution is 2.14. The second kappa shape index (κ2) is 36.9. The summed E-state index contributed by atoms with van der Waals surface area (Å²) >= 11 is 6.92. The molecule has 0 radical (unpaired) electrons. The average molecular weight is 671 g/mol. The molecule has 0 rings (SSSR count). The lowest BCUT2D eigenvalue weighted by Gasteiger charge is -2.02. The minimum Gasteiger partial charge on any atom is -0.481 e. The molecule has 0 amide bonds. The average Bonchev–Trinajstić information content (AvgIpc) is 2.89. The number of unbranched alkanes of at least 4 members (excludes halogenated alkanes) is 24. The van der Waals surface area contributed by atoms with Crippen LogP contribution in [0, 0.1) is 0 Å². The molecule has 0 unspecified atom stereocenters. The lowest BCUT2D eigenvalue weighted by molar-refractivity contribution is -0.138. The van der Waals surface area contributed by atoms with E-state index in [1.807, 2.05) is 0 Å². The third-order valence-electron chi connectivity index (χ3n) is 7.05. The summed E-state index contributed by atoms with van der Waals surface area (Å²) in [4.78, 5) is 20.6. The first-order valence-corrected chi connectivity index (χ1v) is 18.3. The van der Waals surface area contributed by atoms with Crippen molar-refractivity contribution in [3.63, 3.8) is 0 Å². The number of halogens is 2. The van der Waals surface area contributed by atoms with Gasteiger partial charge in [0.25, 0.3) is 0 Å². The SMILES string of the molecule is O=C(O)CCCCCCCCCCCCCCCBr.O=C(O)CCCCCCCCCCCCCCCBr. The van der Waals surface area contributed by atoms with E-state index in [0.717, 1.165) is 36.3 Å². The number of rotatable bonds is 30. The van der Waals surface area contributed by atoms with Crippen molar-refractivity contribution >= 4 is 43.8 Å². The van der Waals surface area contributed by atoms with E-state index < -0.39 is 11.9 Å². The molecule has 0 bridgehead atoms. The third kappa shape index (κ3) is 43.0. The molecular weight excluding hydrogens is 608 g/mol. The molecular formula is C32H62Br2O4. The van der Waals surface area contributed by atoms with Crippen LogP contribution in [0.1, 0.15) is 180 Å². The molecule has 0 saturated heterocycles. The van der Waals surface area contributed by atoms with Crippen molar-refractivity contribution in [1.29, 1.82) is 0 Å². The Morgan fingerprint density at radius 1 is 0.316 bits per heavy atom. The van der Waals surface area contributed by atoms with Crippen LogP contribution in [0.5, 0.6) is 0 Å². The number of carboxylic acid groups (broad SMARTS) is 2. The lowest BCUT2D eigenvalue weighted by atomic mass is 10.0. The molecule has 0 heterocycles. The monoisotopic (exact) mass is 668 g/mol. The molecule has 0 fully saturated rings. The van der Waals surface area contributed by atoms with Gasteiger partial charge in [-0.05, 0) is 25.7 Å². The first-order valence-electron chi connectivity index (χ1n) is 16.1. The maximum absolute atomic E-state index is 10.3. The molecule has 0 aliphatic carbocycles. The molecule has 0 spiro atoms. The lowest BCUT2D eigenvalue weighted by Crippen LogP contribution is -1.93. The molecule has 0 atom stereocenters. The van der Waals surface area contributed by atoms with Crippen molar-refractivity contribution in [3.05, 3.63) is 0 Å². The molecule has 2 N–H and O–H groups in total. The van der Waals surface area contributed by atoms with Gasteiger partial charge in [0.2, 0.25) is 0 Å². The highest BCUT2D eigenvalue weighted by molar-refractivity contribution is 9.09. The Morgan fingerprint density at radius 3 is 0.632 bits per heavy atom. The summed E-state index contributed by atoms with van der Waals surface area (Å²) in [6.07, 6.45) is 34.3. The fraction of sp³-hybridized carbons (Fsp3) is 0.938. The summed E-state index contributed by atoms with van der Waals surface area (Å²) < 4.78 is 0. The van der Waals surface area contributed by atoms with Crippen LogP contribution in [0.2, 0.25) is 0 Å². The standard InChI is InChI=1S/2C16H31BrO2/c2*17-15-13-11-9-7-5-3-1-2-4-6-8-10-12-14-16(18)19/h2*1-15H2,(H,18,19). The van der Waals surface area contributed by atoms with E-state index in [-0.39, 0.29) is 0 Å². The van der Waals surface area contributed by atoms with E-state index in [1.165, 1.54) is 141 Å². The highest BCUT2D eigenvalue weighted by atomic mass is 79.9. The minimum absolute atomic E-state index is 0.342. The van der Waals surface area contributed by atoms with Crippen molar-refractivity contribution < 1.29 is 19.8 Å². The maximum Gasteiger partial charge on any atom is 0.303 e. The molecule has 38 heavy (non-hydrogen) atoms. The van der Waals surface area contributed by atoms with Gasteiger partial charge in [0.05, 0.1) is 0 Å². The number of carboxylic acids is 2. The zero-order valence-electron chi connectivity index (χ0n) is 24.7. The van der Waals surface area contributed by atoms with E-state index >= 15 is 0 Å². The first-order chi connectivity index (χ1) is 18.5. The van der Waals surface area contributed by atoms with Crippen molar-refractivity contribution in [2.45, 2.75) is 180 Å². The zero-order chi connectivity index (χ0) is 28.4. The summed E-state index contributed by atoms with van der Waals surface area (Å²) in [5.74, 6) is -1.31. The molecule has 228 valence electrons. The summed E-state index contributed by atoms with van der Waals surface area (Å²) in [5.41, 5.74) is 0. The summed E-state index contributed by atoms with van der Waals surface area (Å²) in [5, 5.41) is 19.3. The Hall–Kier alpha value is -0.100. The largest absolute Gasteiger partial charge is 0.481 e. The zero-order valence-corrected chi connectivity index (χ0v) is 27.9. The van der Waals surface area contributed by atoms with Crippen LogP contribution >= 0.6 is 31.9 Å². The van der Waals surface area contributed by atoms with Crippen molar-refractivity contribution in [2.24, 2.45) is 0 Å². The van der Waals surface area contributed by atoms with Gasteiger partial charge in [0.15, 0.2) is 0 Å². The highest BCUT2D eigenvalue weighted by Gasteiger charge is 1.98. The van der Waals surface area contributed by atoms with Crippen LogP contribution < -0.4 is 0 Å². The van der Waals surface area contributed by atoms with Crippen molar-refractivity contribution in [2.75, 3.05) is 10.7 Å². The fourth-order valence-corrected chi connectivity index (χ4v) is 5.42. The smallest absolute Gasteiger partial charge is 0.303 e. The molecule has 0 aromatic heterocycles. The molecule has 0 aliphatic heterocycles. The predicted molar refractivity (Wildman–Crippen MR) is 172 cm³/mol. The van der Waals surface area contributed by atoms with E-state index in [0.29, 0.717) is 12.8 Å².